The highest BCUT2D eigenvalue weighted by atomic mass is 32.2. The number of benzene rings is 2. The van der Waals surface area contributed by atoms with Crippen LogP contribution in [-0.4, -0.2) is 18.1 Å². The maximum Gasteiger partial charge on any atom is 0.0412 e. The molecular formula is C14H15NS. The normalized spacial score (nSPS) is 21.1. The molecule has 2 aromatic carbocycles. The van der Waals surface area contributed by atoms with Gasteiger partial charge in [0.1, 0.15) is 0 Å². The van der Waals surface area contributed by atoms with E-state index < -0.39 is 0 Å². The molecule has 0 aliphatic carbocycles. The number of thioether (sulfide) groups is 1. The fourth-order valence-corrected chi connectivity index (χ4v) is 3.18. The van der Waals surface area contributed by atoms with Crippen LogP contribution in [0, 0.1) is 0 Å². The second-order valence-corrected chi connectivity index (χ2v) is 5.34. The van der Waals surface area contributed by atoms with Gasteiger partial charge in [-0.05, 0) is 22.4 Å². The van der Waals surface area contributed by atoms with E-state index in [1.165, 1.54) is 27.8 Å². The van der Waals surface area contributed by atoms with E-state index in [1.807, 2.05) is 11.8 Å². The van der Waals surface area contributed by atoms with Crippen LogP contribution in [-0.2, 0) is 0 Å². The highest BCUT2D eigenvalue weighted by Gasteiger charge is 2.14. The highest BCUT2D eigenvalue weighted by molar-refractivity contribution is 7.99. The van der Waals surface area contributed by atoms with E-state index in [2.05, 4.69) is 47.8 Å². The van der Waals surface area contributed by atoms with Crippen molar-refractivity contribution < 1.29 is 0 Å². The van der Waals surface area contributed by atoms with Gasteiger partial charge in [-0.25, -0.2) is 0 Å². The lowest BCUT2D eigenvalue weighted by Gasteiger charge is -2.23. The lowest BCUT2D eigenvalue weighted by atomic mass is 10.0. The minimum Gasteiger partial charge on any atom is -0.308 e. The van der Waals surface area contributed by atoms with Crippen molar-refractivity contribution in [3.8, 4) is 0 Å². The van der Waals surface area contributed by atoms with Crippen molar-refractivity contribution in [2.45, 2.75) is 6.04 Å². The lowest BCUT2D eigenvalue weighted by Crippen LogP contribution is -2.30. The van der Waals surface area contributed by atoms with Gasteiger partial charge in [-0.2, -0.15) is 11.8 Å². The number of nitrogens with one attached hydrogen (secondary N) is 1. The van der Waals surface area contributed by atoms with Crippen molar-refractivity contribution in [3.05, 3.63) is 48.0 Å². The topological polar surface area (TPSA) is 12.0 Å². The zero-order valence-electron chi connectivity index (χ0n) is 9.15. The molecule has 0 saturated carbocycles. The van der Waals surface area contributed by atoms with Gasteiger partial charge in [0.25, 0.3) is 0 Å². The van der Waals surface area contributed by atoms with Gasteiger partial charge in [0.2, 0.25) is 0 Å². The summed E-state index contributed by atoms with van der Waals surface area (Å²) in [5, 5.41) is 6.25. The van der Waals surface area contributed by atoms with E-state index in [-0.39, 0.29) is 0 Å². The van der Waals surface area contributed by atoms with E-state index in [1.54, 1.807) is 0 Å². The molecule has 0 amide bonds. The van der Waals surface area contributed by atoms with Crippen LogP contribution in [0.5, 0.6) is 0 Å². The van der Waals surface area contributed by atoms with Crippen molar-refractivity contribution in [3.63, 3.8) is 0 Å². The van der Waals surface area contributed by atoms with Crippen LogP contribution in [0.4, 0.5) is 0 Å². The third kappa shape index (κ3) is 1.95. The van der Waals surface area contributed by atoms with E-state index >= 15 is 0 Å². The smallest absolute Gasteiger partial charge is 0.0412 e. The van der Waals surface area contributed by atoms with Crippen LogP contribution in [0.2, 0.25) is 0 Å². The van der Waals surface area contributed by atoms with Gasteiger partial charge in [-0.15, -0.1) is 0 Å². The summed E-state index contributed by atoms with van der Waals surface area (Å²) in [5.74, 6) is 2.43. The standard InChI is InChI=1S/C14H15NS/c1-2-4-12-9-13(6-5-11(12)3-1)14-10-16-8-7-15-14/h1-6,9,14-15H,7-8,10H2/t14-/m1/s1. The molecule has 1 fully saturated rings. The fraction of sp³-hybridized carbons (Fsp3) is 0.286. The molecular weight excluding hydrogens is 214 g/mol. The van der Waals surface area contributed by atoms with E-state index in [9.17, 15) is 0 Å². The van der Waals surface area contributed by atoms with Gasteiger partial charge >= 0.3 is 0 Å². The largest absolute Gasteiger partial charge is 0.308 e. The summed E-state index contributed by atoms with van der Waals surface area (Å²) in [6.07, 6.45) is 0. The van der Waals surface area contributed by atoms with Crippen molar-refractivity contribution in [2.75, 3.05) is 18.1 Å². The Morgan fingerprint density at radius 1 is 1.06 bits per heavy atom. The SMILES string of the molecule is c1ccc2cc([C@H]3CSCCN3)ccc2c1. The second kappa shape index (κ2) is 4.48. The molecule has 0 aromatic heterocycles. The third-order valence-electron chi connectivity index (χ3n) is 3.10. The molecule has 1 nitrogen and oxygen atoms in total. The molecule has 3 rings (SSSR count). The first kappa shape index (κ1) is 10.2. The molecule has 82 valence electrons. The Hall–Kier alpha value is -0.990. The summed E-state index contributed by atoms with van der Waals surface area (Å²) >= 11 is 2.04. The molecule has 0 radical (unpaired) electrons. The van der Waals surface area contributed by atoms with Crippen molar-refractivity contribution >= 4 is 22.5 Å². The molecule has 0 unspecified atom stereocenters. The van der Waals surface area contributed by atoms with Crippen LogP contribution >= 0.6 is 11.8 Å². The highest BCUT2D eigenvalue weighted by Crippen LogP contribution is 2.25. The summed E-state index contributed by atoms with van der Waals surface area (Å²) in [5.41, 5.74) is 1.42. The number of fused-ring (bicyclic) bond motifs is 1. The predicted molar refractivity (Wildman–Crippen MR) is 72.0 cm³/mol. The van der Waals surface area contributed by atoms with Gasteiger partial charge in [0, 0.05) is 24.1 Å². The maximum atomic E-state index is 3.58. The molecule has 0 bridgehead atoms. The fourth-order valence-electron chi connectivity index (χ4n) is 2.20. The van der Waals surface area contributed by atoms with Gasteiger partial charge in [-0.1, -0.05) is 36.4 Å². The molecule has 1 atom stereocenters. The van der Waals surface area contributed by atoms with E-state index in [0.29, 0.717) is 6.04 Å². The zero-order valence-corrected chi connectivity index (χ0v) is 9.96. The molecule has 16 heavy (non-hydrogen) atoms. The lowest BCUT2D eigenvalue weighted by molar-refractivity contribution is 0.595. The summed E-state index contributed by atoms with van der Waals surface area (Å²) in [7, 11) is 0. The van der Waals surface area contributed by atoms with Crippen LogP contribution in [0.1, 0.15) is 11.6 Å². The van der Waals surface area contributed by atoms with Gasteiger partial charge in [-0.3, -0.25) is 0 Å². The Morgan fingerprint density at radius 3 is 2.75 bits per heavy atom. The molecule has 1 N–H and O–H groups in total. The van der Waals surface area contributed by atoms with Crippen LogP contribution < -0.4 is 5.32 Å². The predicted octanol–water partition coefficient (Wildman–Crippen LogP) is 3.22. The molecule has 1 aliphatic heterocycles. The van der Waals surface area contributed by atoms with E-state index in [0.717, 1.165) is 6.54 Å². The third-order valence-corrected chi connectivity index (χ3v) is 4.16. The average Bonchev–Trinajstić information content (AvgIpc) is 2.39. The van der Waals surface area contributed by atoms with Crippen molar-refractivity contribution in [2.24, 2.45) is 0 Å². The Balaban J connectivity index is 1.97. The molecule has 2 heteroatoms. The quantitative estimate of drug-likeness (QED) is 0.806. The summed E-state index contributed by atoms with van der Waals surface area (Å²) in [4.78, 5) is 0. The first-order valence-electron chi connectivity index (χ1n) is 5.73. The van der Waals surface area contributed by atoms with Gasteiger partial charge in [0.15, 0.2) is 0 Å². The Kier molecular flexibility index (Phi) is 2.85. The second-order valence-electron chi connectivity index (χ2n) is 4.19. The van der Waals surface area contributed by atoms with Crippen LogP contribution in [0.25, 0.3) is 10.8 Å². The molecule has 1 aliphatic rings. The first-order valence-corrected chi connectivity index (χ1v) is 6.89. The number of hydrogen-bond donors (Lipinski definition) is 1. The summed E-state index contributed by atoms with van der Waals surface area (Å²) in [6.45, 7) is 1.13. The van der Waals surface area contributed by atoms with Crippen molar-refractivity contribution in [1.29, 1.82) is 0 Å². The molecule has 0 spiro atoms. The molecule has 1 saturated heterocycles. The Labute approximate surface area is 100 Å². The first-order chi connectivity index (χ1) is 7.93. The Bertz CT molecular complexity index is 489. The van der Waals surface area contributed by atoms with Gasteiger partial charge < -0.3 is 5.32 Å². The number of hydrogen-bond acceptors (Lipinski definition) is 2. The van der Waals surface area contributed by atoms with Crippen molar-refractivity contribution in [1.82, 2.24) is 5.32 Å². The van der Waals surface area contributed by atoms with Gasteiger partial charge in [0.05, 0.1) is 0 Å². The number of rotatable bonds is 1. The average molecular weight is 229 g/mol. The zero-order chi connectivity index (χ0) is 10.8. The summed E-state index contributed by atoms with van der Waals surface area (Å²) in [6, 6.07) is 15.9. The van der Waals surface area contributed by atoms with E-state index in [4.69, 9.17) is 0 Å². The minimum absolute atomic E-state index is 0.531. The van der Waals surface area contributed by atoms with Crippen LogP contribution in [0.3, 0.4) is 0 Å². The summed E-state index contributed by atoms with van der Waals surface area (Å²) < 4.78 is 0. The monoisotopic (exact) mass is 229 g/mol. The minimum atomic E-state index is 0.531. The van der Waals surface area contributed by atoms with Crippen LogP contribution in [0.15, 0.2) is 42.5 Å². The maximum absolute atomic E-state index is 3.58. The molecule has 2 aromatic rings. The Morgan fingerprint density at radius 2 is 1.94 bits per heavy atom. The molecule has 1 heterocycles.